The maximum Gasteiger partial charge on any atom is 0.137 e. The summed E-state index contributed by atoms with van der Waals surface area (Å²) in [5.74, 6) is 2.86. The van der Waals surface area contributed by atoms with Gasteiger partial charge in [-0.2, -0.15) is 0 Å². The van der Waals surface area contributed by atoms with Gasteiger partial charge < -0.3 is 14.7 Å². The van der Waals surface area contributed by atoms with E-state index in [0.29, 0.717) is 0 Å². The van der Waals surface area contributed by atoms with Crippen molar-refractivity contribution in [3.05, 3.63) is 29.4 Å². The van der Waals surface area contributed by atoms with Crippen LogP contribution in [-0.4, -0.2) is 34.8 Å². The first-order valence-corrected chi connectivity index (χ1v) is 8.46. The van der Waals surface area contributed by atoms with E-state index in [-0.39, 0.29) is 0 Å². The smallest absolute Gasteiger partial charge is 0.137 e. The van der Waals surface area contributed by atoms with E-state index in [1.807, 2.05) is 13.8 Å². The Hall–Kier alpha value is -2.11. The molecule has 0 radical (unpaired) electrons. The molecule has 0 spiro atoms. The summed E-state index contributed by atoms with van der Waals surface area (Å²) in [6.07, 6.45) is 7.48. The lowest BCUT2D eigenvalue weighted by atomic mass is 10.1. The number of nitrogens with zero attached hydrogens (tertiary/aromatic N) is 4. The Morgan fingerprint density at radius 1 is 1.17 bits per heavy atom. The minimum Gasteiger partial charge on any atom is -0.370 e. The summed E-state index contributed by atoms with van der Waals surface area (Å²) in [7, 11) is 0. The maximum atomic E-state index is 5.20. The molecule has 124 valence electrons. The monoisotopic (exact) mass is 315 g/mol. The van der Waals surface area contributed by atoms with Crippen molar-refractivity contribution in [2.24, 2.45) is 0 Å². The van der Waals surface area contributed by atoms with Crippen molar-refractivity contribution in [1.29, 1.82) is 0 Å². The van der Waals surface area contributed by atoms with Gasteiger partial charge in [0, 0.05) is 31.3 Å². The molecule has 1 aliphatic heterocycles. The topological polar surface area (TPSA) is 67.1 Å². The highest BCUT2D eigenvalue weighted by molar-refractivity contribution is 5.48. The third-order valence-corrected chi connectivity index (χ3v) is 4.42. The molecule has 0 aliphatic carbocycles. The average molecular weight is 315 g/mol. The molecule has 3 heterocycles. The van der Waals surface area contributed by atoms with Crippen molar-refractivity contribution in [2.75, 3.05) is 29.9 Å². The van der Waals surface area contributed by atoms with Crippen molar-refractivity contribution in [3.63, 3.8) is 0 Å². The molecule has 0 unspecified atom stereocenters. The molecule has 2 aromatic rings. The Balaban J connectivity index is 1.50. The molecule has 23 heavy (non-hydrogen) atoms. The van der Waals surface area contributed by atoms with Gasteiger partial charge in [0.05, 0.1) is 5.69 Å². The highest BCUT2D eigenvalue weighted by atomic mass is 16.5. The van der Waals surface area contributed by atoms with Crippen LogP contribution in [0.25, 0.3) is 0 Å². The maximum absolute atomic E-state index is 5.20. The number of rotatable bonds is 6. The highest BCUT2D eigenvalue weighted by Gasteiger charge is 2.12. The Labute approximate surface area is 137 Å². The SMILES string of the molecule is Cc1noc(C)c1CCCNc1cc(N2CCCCC2)ncn1. The van der Waals surface area contributed by atoms with Gasteiger partial charge in [0.2, 0.25) is 0 Å². The largest absolute Gasteiger partial charge is 0.370 e. The zero-order valence-electron chi connectivity index (χ0n) is 14.0. The molecule has 1 aliphatic rings. The second kappa shape index (κ2) is 7.44. The number of hydrogen-bond acceptors (Lipinski definition) is 6. The van der Waals surface area contributed by atoms with Crippen LogP contribution in [-0.2, 0) is 6.42 Å². The van der Waals surface area contributed by atoms with Gasteiger partial charge in [0.25, 0.3) is 0 Å². The van der Waals surface area contributed by atoms with Crippen molar-refractivity contribution < 1.29 is 4.52 Å². The predicted octanol–water partition coefficient (Wildman–Crippen LogP) is 3.12. The van der Waals surface area contributed by atoms with Crippen LogP contribution >= 0.6 is 0 Å². The standard InChI is InChI=1S/C17H25N5O/c1-13-15(14(2)23-21-13)7-6-8-18-16-11-17(20-12-19-16)22-9-4-3-5-10-22/h11-12H,3-10H2,1-2H3,(H,18,19,20). The van der Waals surface area contributed by atoms with E-state index in [1.54, 1.807) is 6.33 Å². The van der Waals surface area contributed by atoms with Crippen molar-refractivity contribution >= 4 is 11.6 Å². The fraction of sp³-hybridized carbons (Fsp3) is 0.588. The quantitative estimate of drug-likeness (QED) is 0.826. The van der Waals surface area contributed by atoms with E-state index in [2.05, 4.69) is 31.4 Å². The summed E-state index contributed by atoms with van der Waals surface area (Å²) < 4.78 is 5.20. The van der Waals surface area contributed by atoms with Crippen LogP contribution in [0.2, 0.25) is 0 Å². The van der Waals surface area contributed by atoms with Crippen LogP contribution in [0.5, 0.6) is 0 Å². The summed E-state index contributed by atoms with van der Waals surface area (Å²) in [5, 5.41) is 7.39. The minimum absolute atomic E-state index is 0.876. The Bertz CT molecular complexity index is 614. The molecular weight excluding hydrogens is 290 g/mol. The van der Waals surface area contributed by atoms with E-state index in [4.69, 9.17) is 4.52 Å². The second-order valence-corrected chi connectivity index (χ2v) is 6.14. The number of hydrogen-bond donors (Lipinski definition) is 1. The number of nitrogens with one attached hydrogen (secondary N) is 1. The van der Waals surface area contributed by atoms with Crippen LogP contribution in [0, 0.1) is 13.8 Å². The number of aryl methyl sites for hydroxylation is 2. The first-order chi connectivity index (χ1) is 11.2. The lowest BCUT2D eigenvalue weighted by Crippen LogP contribution is -2.30. The molecule has 1 saturated heterocycles. The summed E-state index contributed by atoms with van der Waals surface area (Å²) in [6.45, 7) is 7.04. The predicted molar refractivity (Wildman–Crippen MR) is 90.9 cm³/mol. The molecule has 0 aromatic carbocycles. The lowest BCUT2D eigenvalue weighted by molar-refractivity contribution is 0.392. The zero-order valence-corrected chi connectivity index (χ0v) is 14.0. The molecule has 2 aromatic heterocycles. The molecule has 6 heteroatoms. The number of piperidine rings is 1. The van der Waals surface area contributed by atoms with Crippen molar-refractivity contribution in [3.8, 4) is 0 Å². The van der Waals surface area contributed by atoms with Gasteiger partial charge in [-0.3, -0.25) is 0 Å². The van der Waals surface area contributed by atoms with Crippen LogP contribution < -0.4 is 10.2 Å². The summed E-state index contributed by atoms with van der Waals surface area (Å²) in [4.78, 5) is 11.1. The van der Waals surface area contributed by atoms with E-state index >= 15 is 0 Å². The van der Waals surface area contributed by atoms with Crippen molar-refractivity contribution in [2.45, 2.75) is 46.0 Å². The fourth-order valence-electron chi connectivity index (χ4n) is 3.08. The normalized spacial score (nSPS) is 15.0. The zero-order chi connectivity index (χ0) is 16.1. The van der Waals surface area contributed by atoms with Gasteiger partial charge in [-0.1, -0.05) is 5.16 Å². The van der Waals surface area contributed by atoms with Crippen LogP contribution in [0.4, 0.5) is 11.6 Å². The molecule has 6 nitrogen and oxygen atoms in total. The first-order valence-electron chi connectivity index (χ1n) is 8.46. The molecule has 0 amide bonds. The van der Waals surface area contributed by atoms with Crippen LogP contribution in [0.1, 0.15) is 42.7 Å². The van der Waals surface area contributed by atoms with Crippen LogP contribution in [0.15, 0.2) is 16.9 Å². The summed E-state index contributed by atoms with van der Waals surface area (Å²) in [5.41, 5.74) is 2.22. The Kier molecular flexibility index (Phi) is 5.10. The van der Waals surface area contributed by atoms with Gasteiger partial charge in [0.1, 0.15) is 23.7 Å². The van der Waals surface area contributed by atoms with E-state index in [0.717, 1.165) is 55.6 Å². The van der Waals surface area contributed by atoms with Gasteiger partial charge >= 0.3 is 0 Å². The van der Waals surface area contributed by atoms with Gasteiger partial charge in [0.15, 0.2) is 0 Å². The molecule has 0 bridgehead atoms. The first kappa shape index (κ1) is 15.8. The van der Waals surface area contributed by atoms with Gasteiger partial charge in [-0.05, 0) is 46.0 Å². The summed E-state index contributed by atoms with van der Waals surface area (Å²) >= 11 is 0. The minimum atomic E-state index is 0.876. The Morgan fingerprint density at radius 3 is 2.74 bits per heavy atom. The molecule has 3 rings (SSSR count). The molecular formula is C17H25N5O. The highest BCUT2D eigenvalue weighted by Crippen LogP contribution is 2.19. The van der Waals surface area contributed by atoms with Crippen molar-refractivity contribution in [1.82, 2.24) is 15.1 Å². The van der Waals surface area contributed by atoms with E-state index in [9.17, 15) is 0 Å². The number of aromatic nitrogens is 3. The average Bonchev–Trinajstić information content (AvgIpc) is 2.91. The van der Waals surface area contributed by atoms with Gasteiger partial charge in [-0.15, -0.1) is 0 Å². The number of anilines is 2. The molecule has 0 atom stereocenters. The molecule has 0 saturated carbocycles. The third-order valence-electron chi connectivity index (χ3n) is 4.42. The second-order valence-electron chi connectivity index (χ2n) is 6.14. The Morgan fingerprint density at radius 2 is 2.00 bits per heavy atom. The lowest BCUT2D eigenvalue weighted by Gasteiger charge is -2.27. The van der Waals surface area contributed by atoms with Gasteiger partial charge in [-0.25, -0.2) is 9.97 Å². The summed E-state index contributed by atoms with van der Waals surface area (Å²) in [6, 6.07) is 2.06. The third kappa shape index (κ3) is 4.00. The van der Waals surface area contributed by atoms with E-state index in [1.165, 1.54) is 24.8 Å². The fourth-order valence-corrected chi connectivity index (χ4v) is 3.08. The van der Waals surface area contributed by atoms with E-state index < -0.39 is 0 Å². The molecule has 1 N–H and O–H groups in total. The van der Waals surface area contributed by atoms with Crippen LogP contribution in [0.3, 0.4) is 0 Å². The molecule has 1 fully saturated rings.